The first-order chi connectivity index (χ1) is 9.99. The molecule has 0 aliphatic rings. The van der Waals surface area contributed by atoms with Gasteiger partial charge in [-0.15, -0.1) is 0 Å². The summed E-state index contributed by atoms with van der Waals surface area (Å²) in [5.74, 6) is 0. The number of halogens is 2. The predicted octanol–water partition coefficient (Wildman–Crippen LogP) is 3.02. The van der Waals surface area contributed by atoms with Crippen molar-refractivity contribution in [3.63, 3.8) is 0 Å². The third-order valence-corrected chi connectivity index (χ3v) is 3.76. The Bertz CT molecular complexity index is 656. The van der Waals surface area contributed by atoms with E-state index in [0.29, 0.717) is 23.8 Å². The Labute approximate surface area is 132 Å². The molecule has 0 bridgehead atoms. The second-order valence-electron chi connectivity index (χ2n) is 4.43. The summed E-state index contributed by atoms with van der Waals surface area (Å²) < 4.78 is 1.76. The van der Waals surface area contributed by atoms with Gasteiger partial charge in [-0.2, -0.15) is 5.10 Å². The number of rotatable bonds is 4. The van der Waals surface area contributed by atoms with Crippen LogP contribution < -0.4 is 10.6 Å². The van der Waals surface area contributed by atoms with Crippen LogP contribution in [-0.2, 0) is 6.54 Å². The molecular weight excluding hydrogens is 313 g/mol. The number of aromatic nitrogens is 3. The largest absolute Gasteiger partial charge is 0.336 e. The van der Waals surface area contributed by atoms with Crippen molar-refractivity contribution in [1.82, 2.24) is 20.1 Å². The van der Waals surface area contributed by atoms with Crippen LogP contribution in [0.1, 0.15) is 11.4 Å². The van der Waals surface area contributed by atoms with E-state index in [4.69, 9.17) is 23.2 Å². The summed E-state index contributed by atoms with van der Waals surface area (Å²) in [4.78, 5) is 15.6. The molecule has 0 unspecified atom stereocenters. The summed E-state index contributed by atoms with van der Waals surface area (Å²) in [6, 6.07) is 3.02. The lowest BCUT2D eigenvalue weighted by atomic mass is 10.4. The van der Waals surface area contributed by atoms with Crippen LogP contribution in [0, 0.1) is 13.8 Å². The molecule has 2 heterocycles. The van der Waals surface area contributed by atoms with E-state index < -0.39 is 0 Å². The molecule has 0 aliphatic carbocycles. The number of pyridine rings is 1. The maximum absolute atomic E-state index is 11.7. The molecule has 0 saturated carbocycles. The highest BCUT2D eigenvalue weighted by Gasteiger charge is 2.09. The second-order valence-corrected chi connectivity index (χ2v) is 5.17. The molecule has 0 spiro atoms. The van der Waals surface area contributed by atoms with Crippen LogP contribution in [0.2, 0.25) is 10.2 Å². The minimum absolute atomic E-state index is 0.248. The smallest absolute Gasteiger partial charge is 0.319 e. The fourth-order valence-corrected chi connectivity index (χ4v) is 2.12. The van der Waals surface area contributed by atoms with Crippen molar-refractivity contribution >= 4 is 34.9 Å². The number of hydrogen-bond donors (Lipinski definition) is 2. The van der Waals surface area contributed by atoms with E-state index >= 15 is 0 Å². The maximum Gasteiger partial charge on any atom is 0.319 e. The Balaban J connectivity index is 1.85. The Hall–Kier alpha value is -1.79. The van der Waals surface area contributed by atoms with Gasteiger partial charge in [-0.05, 0) is 26.0 Å². The van der Waals surface area contributed by atoms with Gasteiger partial charge in [0.25, 0.3) is 0 Å². The molecule has 0 fully saturated rings. The van der Waals surface area contributed by atoms with E-state index in [-0.39, 0.29) is 11.2 Å². The molecule has 0 saturated heterocycles. The van der Waals surface area contributed by atoms with Gasteiger partial charge in [0.1, 0.15) is 0 Å². The highest BCUT2D eigenvalue weighted by molar-refractivity contribution is 6.32. The number of carbonyl (C=O) groups excluding carboxylic acids is 1. The van der Waals surface area contributed by atoms with Crippen molar-refractivity contribution in [2.75, 3.05) is 11.9 Å². The zero-order valence-electron chi connectivity index (χ0n) is 11.7. The van der Waals surface area contributed by atoms with Crippen LogP contribution in [0.15, 0.2) is 18.3 Å². The highest BCUT2D eigenvalue weighted by atomic mass is 35.5. The normalized spacial score (nSPS) is 10.5. The van der Waals surface area contributed by atoms with Gasteiger partial charge in [0.15, 0.2) is 5.15 Å². The number of aryl methyl sites for hydroxylation is 1. The van der Waals surface area contributed by atoms with Crippen LogP contribution >= 0.6 is 23.2 Å². The topological polar surface area (TPSA) is 71.8 Å². The Morgan fingerprint density at radius 3 is 2.76 bits per heavy atom. The molecule has 2 aromatic rings. The Kier molecular flexibility index (Phi) is 5.03. The van der Waals surface area contributed by atoms with Gasteiger partial charge in [0.2, 0.25) is 0 Å². The number of carbonyl (C=O) groups is 1. The molecule has 6 nitrogen and oxygen atoms in total. The van der Waals surface area contributed by atoms with E-state index in [1.54, 1.807) is 23.0 Å². The number of urea groups is 1. The molecule has 2 amide bonds. The molecule has 2 N–H and O–H groups in total. The van der Waals surface area contributed by atoms with Crippen molar-refractivity contribution in [3.8, 4) is 0 Å². The molecule has 2 aromatic heterocycles. The molecule has 0 aliphatic heterocycles. The lowest BCUT2D eigenvalue weighted by molar-refractivity contribution is 0.251. The predicted molar refractivity (Wildman–Crippen MR) is 83.0 cm³/mol. The molecule has 0 atom stereocenters. The second kappa shape index (κ2) is 6.78. The molecule has 21 heavy (non-hydrogen) atoms. The highest BCUT2D eigenvalue weighted by Crippen LogP contribution is 2.18. The minimum atomic E-state index is -0.350. The first-order valence-corrected chi connectivity index (χ1v) is 7.09. The number of nitrogens with one attached hydrogen (secondary N) is 2. The average Bonchev–Trinajstić information content (AvgIpc) is 2.69. The summed E-state index contributed by atoms with van der Waals surface area (Å²) >= 11 is 11.9. The van der Waals surface area contributed by atoms with E-state index in [1.807, 2.05) is 13.8 Å². The molecule has 8 heteroatoms. The van der Waals surface area contributed by atoms with Gasteiger partial charge in [-0.1, -0.05) is 23.2 Å². The monoisotopic (exact) mass is 327 g/mol. The zero-order chi connectivity index (χ0) is 15.4. The molecule has 2 rings (SSSR count). The van der Waals surface area contributed by atoms with Crippen molar-refractivity contribution in [2.45, 2.75) is 20.4 Å². The van der Waals surface area contributed by atoms with Gasteiger partial charge < -0.3 is 10.6 Å². The number of nitrogens with zero attached hydrogens (tertiary/aromatic N) is 3. The van der Waals surface area contributed by atoms with Crippen LogP contribution in [0.4, 0.5) is 10.5 Å². The third kappa shape index (κ3) is 3.86. The van der Waals surface area contributed by atoms with Gasteiger partial charge in [0, 0.05) is 12.7 Å². The fraction of sp³-hybridized carbons (Fsp3) is 0.308. The molecule has 0 radical (unpaired) electrons. The van der Waals surface area contributed by atoms with Crippen molar-refractivity contribution in [1.29, 1.82) is 0 Å². The van der Waals surface area contributed by atoms with E-state index in [1.165, 1.54) is 0 Å². The van der Waals surface area contributed by atoms with Crippen LogP contribution in [0.5, 0.6) is 0 Å². The minimum Gasteiger partial charge on any atom is -0.336 e. The summed E-state index contributed by atoms with van der Waals surface area (Å²) in [6.45, 7) is 4.68. The average molecular weight is 328 g/mol. The zero-order valence-corrected chi connectivity index (χ0v) is 13.2. The maximum atomic E-state index is 11.7. The van der Waals surface area contributed by atoms with Crippen molar-refractivity contribution in [2.24, 2.45) is 0 Å². The fourth-order valence-electron chi connectivity index (χ4n) is 1.81. The first-order valence-electron chi connectivity index (χ1n) is 6.34. The third-order valence-electron chi connectivity index (χ3n) is 2.91. The van der Waals surface area contributed by atoms with Crippen LogP contribution in [0.25, 0.3) is 0 Å². The van der Waals surface area contributed by atoms with Gasteiger partial charge >= 0.3 is 6.03 Å². The van der Waals surface area contributed by atoms with Crippen LogP contribution in [-0.4, -0.2) is 27.3 Å². The van der Waals surface area contributed by atoms with E-state index in [2.05, 4.69) is 20.7 Å². The van der Waals surface area contributed by atoms with E-state index in [9.17, 15) is 4.79 Å². The summed E-state index contributed by atoms with van der Waals surface area (Å²) in [7, 11) is 0. The molecular formula is C13H15Cl2N5O. The molecule has 112 valence electrons. The van der Waals surface area contributed by atoms with Crippen molar-refractivity contribution in [3.05, 3.63) is 39.9 Å². The molecule has 0 aromatic carbocycles. The standard InChI is InChI=1S/C13H15Cl2N5O/c1-8-11(14)9(2)20(19-8)7-6-17-13(21)18-10-4-3-5-16-12(10)15/h3-5H,6-7H2,1-2H3,(H2,17,18,21). The van der Waals surface area contributed by atoms with Crippen molar-refractivity contribution < 1.29 is 4.79 Å². The number of anilines is 1. The van der Waals surface area contributed by atoms with Crippen LogP contribution in [0.3, 0.4) is 0 Å². The number of hydrogen-bond acceptors (Lipinski definition) is 3. The summed E-state index contributed by atoms with van der Waals surface area (Å²) in [5.41, 5.74) is 2.12. The Morgan fingerprint density at radius 2 is 2.14 bits per heavy atom. The number of amides is 2. The van der Waals surface area contributed by atoms with E-state index in [0.717, 1.165) is 11.4 Å². The summed E-state index contributed by atoms with van der Waals surface area (Å²) in [5, 5.41) is 10.5. The lowest BCUT2D eigenvalue weighted by Gasteiger charge is -2.09. The summed E-state index contributed by atoms with van der Waals surface area (Å²) in [6.07, 6.45) is 1.55. The van der Waals surface area contributed by atoms with Gasteiger partial charge in [0.05, 0.1) is 28.6 Å². The SMILES string of the molecule is Cc1nn(CCNC(=O)Nc2cccnc2Cl)c(C)c1Cl. The first kappa shape index (κ1) is 15.6. The van der Waals surface area contributed by atoms with Gasteiger partial charge in [-0.3, -0.25) is 4.68 Å². The Morgan fingerprint density at radius 1 is 1.38 bits per heavy atom. The lowest BCUT2D eigenvalue weighted by Crippen LogP contribution is -2.32. The quantitative estimate of drug-likeness (QED) is 0.848. The van der Waals surface area contributed by atoms with Gasteiger partial charge in [-0.25, -0.2) is 9.78 Å².